The Morgan fingerprint density at radius 1 is 1.31 bits per heavy atom. The zero-order valence-corrected chi connectivity index (χ0v) is 7.47. The highest BCUT2D eigenvalue weighted by Gasteiger charge is 1.99. The van der Waals surface area contributed by atoms with E-state index in [9.17, 15) is 4.79 Å². The van der Waals surface area contributed by atoms with E-state index in [1.165, 1.54) is 0 Å². The number of carbonyl (C=O) groups is 1. The second-order valence-electron chi connectivity index (χ2n) is 2.25. The Morgan fingerprint density at radius 3 is 2.46 bits per heavy atom. The van der Waals surface area contributed by atoms with Gasteiger partial charge < -0.3 is 10.4 Å². The second kappa shape index (κ2) is 4.42. The van der Waals surface area contributed by atoms with Crippen molar-refractivity contribution in [3.63, 3.8) is 0 Å². The van der Waals surface area contributed by atoms with Gasteiger partial charge in [-0.15, -0.1) is 0 Å². The molecule has 0 aliphatic rings. The second-order valence-corrected chi connectivity index (χ2v) is 2.66. The van der Waals surface area contributed by atoms with E-state index in [2.05, 4.69) is 5.32 Å². The molecule has 0 bridgehead atoms. The topological polar surface area (TPSA) is 61.4 Å². The fourth-order valence-electron chi connectivity index (χ4n) is 0.781. The van der Waals surface area contributed by atoms with E-state index in [0.29, 0.717) is 0 Å². The summed E-state index contributed by atoms with van der Waals surface area (Å²) < 4.78 is 0. The quantitative estimate of drug-likeness (QED) is 0.598. The average Bonchev–Trinajstić information content (AvgIpc) is 2.04. The van der Waals surface area contributed by atoms with Crippen LogP contribution in [0.25, 0.3) is 0 Å². The Kier molecular flexibility index (Phi) is 3.22. The van der Waals surface area contributed by atoms with Crippen molar-refractivity contribution in [3.05, 3.63) is 30.3 Å². The minimum atomic E-state index is -1.17. The Labute approximate surface area is 80.6 Å². The smallest absolute Gasteiger partial charge is 0.410 e. The molecule has 0 fully saturated rings. The highest BCUT2D eigenvalue weighted by atomic mass is 32.1. The highest BCUT2D eigenvalue weighted by molar-refractivity contribution is 7.80. The van der Waals surface area contributed by atoms with Crippen molar-refractivity contribution < 1.29 is 9.90 Å². The summed E-state index contributed by atoms with van der Waals surface area (Å²) in [6.07, 6.45) is -1.17. The average molecular weight is 196 g/mol. The molecule has 0 aliphatic heterocycles. The molecule has 1 aromatic carbocycles. The van der Waals surface area contributed by atoms with Crippen molar-refractivity contribution >= 4 is 29.1 Å². The molecular weight excluding hydrogens is 188 g/mol. The van der Waals surface area contributed by atoms with E-state index in [-0.39, 0.29) is 5.11 Å². The minimum Gasteiger partial charge on any atom is -0.465 e. The normalized spacial score (nSPS) is 8.92. The highest BCUT2D eigenvalue weighted by Crippen LogP contribution is 2.03. The molecule has 5 heteroatoms. The molecule has 0 radical (unpaired) electrons. The lowest BCUT2D eigenvalue weighted by molar-refractivity contribution is 0.200. The molecular formula is C8H8N2O2S. The molecule has 1 aromatic rings. The molecule has 1 amide bonds. The van der Waals surface area contributed by atoms with Crippen LogP contribution in [-0.2, 0) is 0 Å². The Balaban J connectivity index is 2.50. The van der Waals surface area contributed by atoms with Gasteiger partial charge in [0.1, 0.15) is 0 Å². The molecule has 4 nitrogen and oxygen atoms in total. The van der Waals surface area contributed by atoms with Crippen LogP contribution >= 0.6 is 12.2 Å². The van der Waals surface area contributed by atoms with E-state index < -0.39 is 6.09 Å². The summed E-state index contributed by atoms with van der Waals surface area (Å²) in [4.78, 5) is 10.2. The zero-order chi connectivity index (χ0) is 9.68. The lowest BCUT2D eigenvalue weighted by Gasteiger charge is -2.05. The molecule has 0 saturated heterocycles. The molecule has 0 spiro atoms. The summed E-state index contributed by atoms with van der Waals surface area (Å²) in [6, 6.07) is 9.09. The summed E-state index contributed by atoms with van der Waals surface area (Å²) in [5.74, 6) is 0. The van der Waals surface area contributed by atoms with Crippen LogP contribution in [0.2, 0.25) is 0 Å². The van der Waals surface area contributed by atoms with Gasteiger partial charge >= 0.3 is 6.09 Å². The van der Waals surface area contributed by atoms with Crippen LogP contribution in [-0.4, -0.2) is 16.3 Å². The van der Waals surface area contributed by atoms with Crippen LogP contribution in [0.5, 0.6) is 0 Å². The molecule has 0 atom stereocenters. The largest absolute Gasteiger partial charge is 0.465 e. The number of amides is 1. The number of nitrogens with one attached hydrogen (secondary N) is 2. The van der Waals surface area contributed by atoms with Gasteiger partial charge in [0.05, 0.1) is 0 Å². The zero-order valence-electron chi connectivity index (χ0n) is 6.65. The van der Waals surface area contributed by atoms with Gasteiger partial charge in [-0.1, -0.05) is 18.2 Å². The third kappa shape index (κ3) is 3.53. The third-order valence-corrected chi connectivity index (χ3v) is 1.46. The van der Waals surface area contributed by atoms with Gasteiger partial charge in [-0.25, -0.2) is 4.79 Å². The number of rotatable bonds is 1. The van der Waals surface area contributed by atoms with Crippen molar-refractivity contribution in [1.29, 1.82) is 0 Å². The molecule has 0 aliphatic carbocycles. The van der Waals surface area contributed by atoms with E-state index in [0.717, 1.165) is 5.69 Å². The number of carboxylic acid groups (broad SMARTS) is 1. The Hall–Kier alpha value is -1.62. The molecule has 68 valence electrons. The molecule has 13 heavy (non-hydrogen) atoms. The van der Waals surface area contributed by atoms with Crippen molar-refractivity contribution in [3.8, 4) is 0 Å². The number of para-hydroxylation sites is 1. The molecule has 0 heterocycles. The third-order valence-electron chi connectivity index (χ3n) is 1.25. The maximum absolute atomic E-state index is 10.2. The summed E-state index contributed by atoms with van der Waals surface area (Å²) >= 11 is 4.71. The van der Waals surface area contributed by atoms with Crippen LogP contribution in [0.1, 0.15) is 0 Å². The lowest BCUT2D eigenvalue weighted by Crippen LogP contribution is -2.32. The summed E-state index contributed by atoms with van der Waals surface area (Å²) in [7, 11) is 0. The van der Waals surface area contributed by atoms with Gasteiger partial charge in [0.2, 0.25) is 0 Å². The predicted octanol–water partition coefficient (Wildman–Crippen LogP) is 1.65. The number of hydrogen-bond donors (Lipinski definition) is 3. The van der Waals surface area contributed by atoms with Crippen LogP contribution in [0.15, 0.2) is 30.3 Å². The number of anilines is 1. The van der Waals surface area contributed by atoms with Crippen LogP contribution in [0.3, 0.4) is 0 Å². The predicted molar refractivity (Wildman–Crippen MR) is 53.8 cm³/mol. The van der Waals surface area contributed by atoms with Crippen molar-refractivity contribution in [2.75, 3.05) is 5.32 Å². The van der Waals surface area contributed by atoms with E-state index in [1.807, 2.05) is 23.5 Å². The minimum absolute atomic E-state index is 0.0682. The molecule has 0 saturated carbocycles. The monoisotopic (exact) mass is 196 g/mol. The van der Waals surface area contributed by atoms with Gasteiger partial charge in [0, 0.05) is 5.69 Å². The maximum atomic E-state index is 10.2. The Morgan fingerprint density at radius 2 is 1.92 bits per heavy atom. The van der Waals surface area contributed by atoms with E-state index >= 15 is 0 Å². The van der Waals surface area contributed by atoms with Gasteiger partial charge in [0.25, 0.3) is 0 Å². The summed E-state index contributed by atoms with van der Waals surface area (Å²) in [5, 5.41) is 13.1. The molecule has 0 aromatic heterocycles. The molecule has 3 N–H and O–H groups in total. The maximum Gasteiger partial charge on any atom is 0.410 e. The Bertz CT molecular complexity index is 313. The SMILES string of the molecule is O=C(O)NC(=S)Nc1ccccc1. The van der Waals surface area contributed by atoms with Gasteiger partial charge in [-0.3, -0.25) is 5.32 Å². The molecule has 0 unspecified atom stereocenters. The van der Waals surface area contributed by atoms with Gasteiger partial charge in [0.15, 0.2) is 5.11 Å². The fraction of sp³-hybridized carbons (Fsp3) is 0. The number of thiocarbonyl (C=S) groups is 1. The van der Waals surface area contributed by atoms with Crippen LogP contribution in [0, 0.1) is 0 Å². The standard InChI is InChI=1S/C8H8N2O2S/c11-8(12)10-7(13)9-6-4-2-1-3-5-6/h1-5H,(H,11,12)(H2,9,10,13). The first-order valence-corrected chi connectivity index (χ1v) is 3.95. The first kappa shape index (κ1) is 9.47. The van der Waals surface area contributed by atoms with Crippen molar-refractivity contribution in [1.82, 2.24) is 5.32 Å². The summed E-state index contributed by atoms with van der Waals surface area (Å²) in [5.41, 5.74) is 0.751. The molecule has 1 rings (SSSR count). The first-order chi connectivity index (χ1) is 6.18. The van der Waals surface area contributed by atoms with Gasteiger partial charge in [-0.05, 0) is 24.4 Å². The summed E-state index contributed by atoms with van der Waals surface area (Å²) in [6.45, 7) is 0. The first-order valence-electron chi connectivity index (χ1n) is 3.54. The fourth-order valence-corrected chi connectivity index (χ4v) is 0.986. The van der Waals surface area contributed by atoms with Crippen LogP contribution < -0.4 is 10.6 Å². The van der Waals surface area contributed by atoms with Crippen LogP contribution in [0.4, 0.5) is 10.5 Å². The number of benzene rings is 1. The lowest BCUT2D eigenvalue weighted by atomic mass is 10.3. The van der Waals surface area contributed by atoms with E-state index in [1.54, 1.807) is 12.1 Å². The van der Waals surface area contributed by atoms with Gasteiger partial charge in [-0.2, -0.15) is 0 Å². The van der Waals surface area contributed by atoms with E-state index in [4.69, 9.17) is 17.3 Å². The van der Waals surface area contributed by atoms with Crippen molar-refractivity contribution in [2.45, 2.75) is 0 Å². The number of hydrogen-bond acceptors (Lipinski definition) is 2. The van der Waals surface area contributed by atoms with Crippen molar-refractivity contribution in [2.24, 2.45) is 0 Å².